The van der Waals surface area contributed by atoms with E-state index in [1.165, 1.54) is 12.8 Å². The Hall–Kier alpha value is -2.10. The second kappa shape index (κ2) is 9.26. The smallest absolute Gasteiger partial charge is 0.161 e. The summed E-state index contributed by atoms with van der Waals surface area (Å²) in [7, 11) is 1.67. The van der Waals surface area contributed by atoms with Gasteiger partial charge in [0.05, 0.1) is 13.2 Å². The van der Waals surface area contributed by atoms with Gasteiger partial charge in [-0.05, 0) is 43.5 Å². The van der Waals surface area contributed by atoms with Crippen molar-refractivity contribution in [2.45, 2.75) is 59.0 Å². The van der Waals surface area contributed by atoms with Gasteiger partial charge in [-0.25, -0.2) is 9.97 Å². The maximum absolute atomic E-state index is 6.10. The van der Waals surface area contributed by atoms with Gasteiger partial charge in [-0.15, -0.1) is 0 Å². The normalized spacial score (nSPS) is 12.0. The molecule has 0 spiro atoms. The molecular formula is C20H28N2O2. The van der Waals surface area contributed by atoms with E-state index < -0.39 is 0 Å². The third-order valence-electron chi connectivity index (χ3n) is 4.01. The van der Waals surface area contributed by atoms with Gasteiger partial charge in [0.25, 0.3) is 0 Å². The number of rotatable bonds is 9. The van der Waals surface area contributed by atoms with Crippen molar-refractivity contribution in [3.8, 4) is 11.5 Å². The maximum atomic E-state index is 6.10. The van der Waals surface area contributed by atoms with E-state index in [2.05, 4.69) is 30.7 Å². The molecule has 2 aromatic rings. The topological polar surface area (TPSA) is 44.2 Å². The molecule has 1 heterocycles. The first-order chi connectivity index (χ1) is 11.7. The second-order valence-corrected chi connectivity index (χ2v) is 6.05. The fourth-order valence-corrected chi connectivity index (χ4v) is 2.60. The number of aromatic nitrogens is 2. The highest BCUT2D eigenvalue weighted by atomic mass is 16.5. The van der Waals surface area contributed by atoms with Crippen LogP contribution in [0.5, 0.6) is 11.5 Å². The first-order valence-electron chi connectivity index (χ1n) is 8.80. The van der Waals surface area contributed by atoms with E-state index in [1.54, 1.807) is 7.11 Å². The van der Waals surface area contributed by atoms with E-state index in [1.807, 2.05) is 30.5 Å². The lowest BCUT2D eigenvalue weighted by Crippen LogP contribution is -2.12. The standard InChI is InChI=1S/C20H28N2O2/c1-5-7-8-15(3)24-19-13-16(9-10-18(19)23-4)14-20-21-12-11-17(6-2)22-20/h9-13,15H,5-8,14H2,1-4H3. The average molecular weight is 328 g/mol. The summed E-state index contributed by atoms with van der Waals surface area (Å²) in [6.45, 7) is 6.40. The minimum absolute atomic E-state index is 0.175. The van der Waals surface area contributed by atoms with Gasteiger partial charge < -0.3 is 9.47 Å². The van der Waals surface area contributed by atoms with Gasteiger partial charge in [-0.2, -0.15) is 0 Å². The molecule has 130 valence electrons. The molecule has 4 heteroatoms. The third-order valence-corrected chi connectivity index (χ3v) is 4.01. The molecule has 0 bridgehead atoms. The van der Waals surface area contributed by atoms with Crippen LogP contribution in [0.2, 0.25) is 0 Å². The van der Waals surface area contributed by atoms with E-state index in [-0.39, 0.29) is 6.10 Å². The number of hydrogen-bond donors (Lipinski definition) is 0. The fraction of sp³-hybridized carbons (Fsp3) is 0.500. The molecule has 24 heavy (non-hydrogen) atoms. The zero-order chi connectivity index (χ0) is 17.4. The quantitative estimate of drug-likeness (QED) is 0.675. The maximum Gasteiger partial charge on any atom is 0.161 e. The predicted molar refractivity (Wildman–Crippen MR) is 96.8 cm³/mol. The van der Waals surface area contributed by atoms with E-state index in [0.717, 1.165) is 41.4 Å². The number of aryl methyl sites for hydroxylation is 1. The highest BCUT2D eigenvalue weighted by Gasteiger charge is 2.11. The molecule has 0 aliphatic rings. The Bertz CT molecular complexity index is 643. The lowest BCUT2D eigenvalue weighted by atomic mass is 10.1. The van der Waals surface area contributed by atoms with Crippen LogP contribution in [0.4, 0.5) is 0 Å². The van der Waals surface area contributed by atoms with Crippen LogP contribution >= 0.6 is 0 Å². The SMILES string of the molecule is CCCCC(C)Oc1cc(Cc2nccc(CC)n2)ccc1OC. The molecule has 0 radical (unpaired) electrons. The van der Waals surface area contributed by atoms with Crippen molar-refractivity contribution in [3.05, 3.63) is 47.5 Å². The van der Waals surface area contributed by atoms with Gasteiger partial charge in [0.1, 0.15) is 5.82 Å². The molecule has 1 aromatic heterocycles. The Labute approximate surface area is 145 Å². The van der Waals surface area contributed by atoms with Crippen molar-refractivity contribution >= 4 is 0 Å². The number of nitrogens with zero attached hydrogens (tertiary/aromatic N) is 2. The Morgan fingerprint density at radius 2 is 1.96 bits per heavy atom. The zero-order valence-corrected chi connectivity index (χ0v) is 15.2. The summed E-state index contributed by atoms with van der Waals surface area (Å²) in [5.41, 5.74) is 2.19. The molecule has 0 saturated heterocycles. The molecule has 4 nitrogen and oxygen atoms in total. The molecule has 0 saturated carbocycles. The van der Waals surface area contributed by atoms with E-state index >= 15 is 0 Å². The lowest BCUT2D eigenvalue weighted by Gasteiger charge is -2.17. The molecule has 1 atom stereocenters. The first-order valence-corrected chi connectivity index (χ1v) is 8.80. The van der Waals surface area contributed by atoms with Crippen LogP contribution in [0, 0.1) is 0 Å². The van der Waals surface area contributed by atoms with Gasteiger partial charge in [-0.3, -0.25) is 0 Å². The molecule has 0 N–H and O–H groups in total. The van der Waals surface area contributed by atoms with Crippen molar-refractivity contribution in [2.75, 3.05) is 7.11 Å². The average Bonchev–Trinajstić information content (AvgIpc) is 2.60. The van der Waals surface area contributed by atoms with Crippen molar-refractivity contribution in [1.82, 2.24) is 9.97 Å². The van der Waals surface area contributed by atoms with Gasteiger partial charge in [-0.1, -0.05) is 32.8 Å². The van der Waals surface area contributed by atoms with Crippen molar-refractivity contribution < 1.29 is 9.47 Å². The third kappa shape index (κ3) is 5.22. The van der Waals surface area contributed by atoms with Gasteiger partial charge >= 0.3 is 0 Å². The number of hydrogen-bond acceptors (Lipinski definition) is 4. The van der Waals surface area contributed by atoms with Crippen LogP contribution < -0.4 is 9.47 Å². The summed E-state index contributed by atoms with van der Waals surface area (Å²) >= 11 is 0. The van der Waals surface area contributed by atoms with Gasteiger partial charge in [0.15, 0.2) is 11.5 Å². The summed E-state index contributed by atoms with van der Waals surface area (Å²) in [4.78, 5) is 8.95. The molecule has 0 aliphatic carbocycles. The molecule has 2 rings (SSSR count). The first kappa shape index (κ1) is 18.2. The van der Waals surface area contributed by atoms with Crippen LogP contribution in [0.1, 0.15) is 57.1 Å². The monoisotopic (exact) mass is 328 g/mol. The van der Waals surface area contributed by atoms with E-state index in [0.29, 0.717) is 6.42 Å². The molecule has 1 aromatic carbocycles. The summed E-state index contributed by atoms with van der Waals surface area (Å²) in [5, 5.41) is 0. The second-order valence-electron chi connectivity index (χ2n) is 6.05. The number of unbranched alkanes of at least 4 members (excludes halogenated alkanes) is 1. The zero-order valence-electron chi connectivity index (χ0n) is 15.2. The van der Waals surface area contributed by atoms with Crippen LogP contribution in [0.25, 0.3) is 0 Å². The summed E-state index contributed by atoms with van der Waals surface area (Å²) in [5.74, 6) is 2.40. The summed E-state index contributed by atoms with van der Waals surface area (Å²) < 4.78 is 11.5. The minimum Gasteiger partial charge on any atom is -0.493 e. The fourth-order valence-electron chi connectivity index (χ4n) is 2.60. The lowest BCUT2D eigenvalue weighted by molar-refractivity contribution is 0.198. The van der Waals surface area contributed by atoms with Crippen LogP contribution in [0.3, 0.4) is 0 Å². The summed E-state index contributed by atoms with van der Waals surface area (Å²) in [6.07, 6.45) is 7.00. The molecule has 0 amide bonds. The number of ether oxygens (including phenoxy) is 2. The molecule has 1 unspecified atom stereocenters. The molecule has 0 aliphatic heterocycles. The Morgan fingerprint density at radius 1 is 1.12 bits per heavy atom. The Balaban J connectivity index is 2.14. The Morgan fingerprint density at radius 3 is 2.67 bits per heavy atom. The minimum atomic E-state index is 0.175. The van der Waals surface area contributed by atoms with Crippen molar-refractivity contribution in [2.24, 2.45) is 0 Å². The molecule has 0 fully saturated rings. The number of methoxy groups -OCH3 is 1. The summed E-state index contributed by atoms with van der Waals surface area (Å²) in [6, 6.07) is 8.01. The number of benzene rings is 1. The van der Waals surface area contributed by atoms with E-state index in [4.69, 9.17) is 9.47 Å². The van der Waals surface area contributed by atoms with Crippen LogP contribution in [-0.2, 0) is 12.8 Å². The van der Waals surface area contributed by atoms with Crippen LogP contribution in [0.15, 0.2) is 30.5 Å². The molecular weight excluding hydrogens is 300 g/mol. The van der Waals surface area contributed by atoms with E-state index in [9.17, 15) is 0 Å². The van der Waals surface area contributed by atoms with Gasteiger partial charge in [0.2, 0.25) is 0 Å². The highest BCUT2D eigenvalue weighted by molar-refractivity contribution is 5.43. The highest BCUT2D eigenvalue weighted by Crippen LogP contribution is 2.30. The Kier molecular flexibility index (Phi) is 7.04. The predicted octanol–water partition coefficient (Wildman–Crippen LogP) is 4.60. The van der Waals surface area contributed by atoms with Crippen molar-refractivity contribution in [1.29, 1.82) is 0 Å². The van der Waals surface area contributed by atoms with Crippen LogP contribution in [-0.4, -0.2) is 23.2 Å². The largest absolute Gasteiger partial charge is 0.493 e. The van der Waals surface area contributed by atoms with Crippen molar-refractivity contribution in [3.63, 3.8) is 0 Å². The van der Waals surface area contributed by atoms with Gasteiger partial charge in [0, 0.05) is 18.3 Å².